The van der Waals surface area contributed by atoms with E-state index in [1.165, 1.54) is 36.4 Å². The molecule has 2 amide bonds. The first kappa shape index (κ1) is 21.9. The number of benzene rings is 2. The maximum absolute atomic E-state index is 13.4. The summed E-state index contributed by atoms with van der Waals surface area (Å²) in [6, 6.07) is 11.1. The third-order valence-electron chi connectivity index (χ3n) is 5.63. The molecule has 2 aromatic carbocycles. The SMILES string of the molecule is CC1(C)C[C@@H](NC(=O)c2cccc(F)c2)C[C@](C)(CNC(=O)c2cccc(F)c2)C1. The van der Waals surface area contributed by atoms with Crippen molar-refractivity contribution in [3.05, 3.63) is 71.3 Å². The Morgan fingerprint density at radius 1 is 0.933 bits per heavy atom. The van der Waals surface area contributed by atoms with Gasteiger partial charge in [0.1, 0.15) is 11.6 Å². The van der Waals surface area contributed by atoms with Crippen LogP contribution in [0.15, 0.2) is 48.5 Å². The van der Waals surface area contributed by atoms with Gasteiger partial charge in [-0.2, -0.15) is 0 Å². The van der Waals surface area contributed by atoms with Gasteiger partial charge in [-0.1, -0.05) is 32.9 Å². The van der Waals surface area contributed by atoms with Crippen molar-refractivity contribution in [1.29, 1.82) is 0 Å². The molecule has 2 N–H and O–H groups in total. The van der Waals surface area contributed by atoms with E-state index in [0.717, 1.165) is 12.8 Å². The Morgan fingerprint density at radius 3 is 2.07 bits per heavy atom. The molecule has 6 heteroatoms. The van der Waals surface area contributed by atoms with E-state index in [1.807, 2.05) is 0 Å². The Balaban J connectivity index is 1.67. The molecule has 0 aliphatic heterocycles. The minimum atomic E-state index is -0.451. The molecular weight excluding hydrogens is 386 g/mol. The van der Waals surface area contributed by atoms with Gasteiger partial charge in [0.15, 0.2) is 0 Å². The average Bonchev–Trinajstić information content (AvgIpc) is 2.64. The fourth-order valence-corrected chi connectivity index (χ4v) is 4.79. The molecule has 1 aliphatic carbocycles. The van der Waals surface area contributed by atoms with Crippen LogP contribution in [0.4, 0.5) is 8.78 Å². The van der Waals surface area contributed by atoms with Gasteiger partial charge in [-0.25, -0.2) is 8.78 Å². The van der Waals surface area contributed by atoms with Gasteiger partial charge in [0.25, 0.3) is 11.8 Å². The summed E-state index contributed by atoms with van der Waals surface area (Å²) in [6.07, 6.45) is 2.35. The van der Waals surface area contributed by atoms with Crippen LogP contribution in [0.1, 0.15) is 60.7 Å². The van der Waals surface area contributed by atoms with E-state index in [1.54, 1.807) is 12.1 Å². The van der Waals surface area contributed by atoms with Crippen molar-refractivity contribution >= 4 is 11.8 Å². The first-order valence-electron chi connectivity index (χ1n) is 10.2. The molecule has 1 saturated carbocycles. The van der Waals surface area contributed by atoms with Crippen molar-refractivity contribution in [3.8, 4) is 0 Å². The van der Waals surface area contributed by atoms with Crippen molar-refractivity contribution in [2.45, 2.75) is 46.1 Å². The first-order chi connectivity index (χ1) is 14.1. The number of carbonyl (C=O) groups excluding carboxylic acids is 2. The van der Waals surface area contributed by atoms with Gasteiger partial charge in [0.2, 0.25) is 0 Å². The number of rotatable bonds is 5. The number of hydrogen-bond acceptors (Lipinski definition) is 2. The second-order valence-electron chi connectivity index (χ2n) is 9.43. The summed E-state index contributed by atoms with van der Waals surface area (Å²) in [5.41, 5.74) is 0.283. The first-order valence-corrected chi connectivity index (χ1v) is 10.2. The minimum absolute atomic E-state index is 0.0452. The lowest BCUT2D eigenvalue weighted by Gasteiger charge is -2.47. The third-order valence-corrected chi connectivity index (χ3v) is 5.63. The molecule has 0 heterocycles. The van der Waals surface area contributed by atoms with Crippen molar-refractivity contribution in [2.75, 3.05) is 6.54 Å². The Labute approximate surface area is 176 Å². The molecule has 0 aromatic heterocycles. The smallest absolute Gasteiger partial charge is 0.251 e. The number of halogens is 2. The fraction of sp³-hybridized carbons (Fsp3) is 0.417. The van der Waals surface area contributed by atoms with Crippen LogP contribution >= 0.6 is 0 Å². The zero-order valence-electron chi connectivity index (χ0n) is 17.6. The van der Waals surface area contributed by atoms with E-state index in [0.29, 0.717) is 18.5 Å². The van der Waals surface area contributed by atoms with Gasteiger partial charge in [-0.15, -0.1) is 0 Å². The summed E-state index contributed by atoms with van der Waals surface area (Å²) >= 11 is 0. The van der Waals surface area contributed by atoms with E-state index in [-0.39, 0.29) is 34.2 Å². The van der Waals surface area contributed by atoms with Crippen molar-refractivity contribution in [1.82, 2.24) is 10.6 Å². The predicted molar refractivity (Wildman–Crippen MR) is 112 cm³/mol. The van der Waals surface area contributed by atoms with E-state index in [2.05, 4.69) is 31.4 Å². The molecule has 1 fully saturated rings. The van der Waals surface area contributed by atoms with Gasteiger partial charge in [0, 0.05) is 23.7 Å². The van der Waals surface area contributed by atoms with Crippen LogP contribution in [0.3, 0.4) is 0 Å². The summed E-state index contributed by atoms with van der Waals surface area (Å²) in [6.45, 7) is 6.78. The lowest BCUT2D eigenvalue weighted by atomic mass is 9.62. The lowest BCUT2D eigenvalue weighted by Crippen LogP contribution is -2.50. The highest BCUT2D eigenvalue weighted by Crippen LogP contribution is 2.45. The van der Waals surface area contributed by atoms with E-state index in [9.17, 15) is 18.4 Å². The Bertz CT molecular complexity index is 944. The number of hydrogen-bond donors (Lipinski definition) is 2. The summed E-state index contributed by atoms with van der Waals surface area (Å²) in [7, 11) is 0. The Morgan fingerprint density at radius 2 is 1.50 bits per heavy atom. The minimum Gasteiger partial charge on any atom is -0.351 e. The molecule has 4 nitrogen and oxygen atoms in total. The molecule has 30 heavy (non-hydrogen) atoms. The maximum atomic E-state index is 13.4. The standard InChI is InChI=1S/C24H28F2N2O2/c1-23(2)12-20(28-22(30)17-7-5-9-19(26)11-17)13-24(3,14-23)15-27-21(29)16-6-4-8-18(25)10-16/h4-11,20H,12-15H2,1-3H3,(H,27,29)(H,28,30)/t20-,24+/m1/s1. The molecule has 0 unspecified atom stereocenters. The van der Waals surface area contributed by atoms with Crippen molar-refractivity contribution in [3.63, 3.8) is 0 Å². The second-order valence-corrected chi connectivity index (χ2v) is 9.43. The summed E-state index contributed by atoms with van der Waals surface area (Å²) < 4.78 is 26.8. The highest BCUT2D eigenvalue weighted by atomic mass is 19.1. The molecule has 2 aromatic rings. The van der Waals surface area contributed by atoms with E-state index >= 15 is 0 Å². The van der Waals surface area contributed by atoms with Crippen molar-refractivity contribution in [2.24, 2.45) is 10.8 Å². The maximum Gasteiger partial charge on any atom is 0.251 e. The van der Waals surface area contributed by atoms with Crippen LogP contribution in [0, 0.1) is 22.5 Å². The van der Waals surface area contributed by atoms with Gasteiger partial charge in [-0.3, -0.25) is 9.59 Å². The van der Waals surface area contributed by atoms with Crippen LogP contribution in [0.25, 0.3) is 0 Å². The van der Waals surface area contributed by atoms with Crippen LogP contribution in [0.5, 0.6) is 0 Å². The van der Waals surface area contributed by atoms with Crippen LogP contribution in [-0.4, -0.2) is 24.4 Å². The number of nitrogens with one attached hydrogen (secondary N) is 2. The van der Waals surface area contributed by atoms with E-state index < -0.39 is 11.6 Å². The lowest BCUT2D eigenvalue weighted by molar-refractivity contribution is 0.0592. The monoisotopic (exact) mass is 414 g/mol. The molecule has 1 aliphatic rings. The molecule has 160 valence electrons. The summed E-state index contributed by atoms with van der Waals surface area (Å²) in [5, 5.41) is 5.95. The van der Waals surface area contributed by atoms with Gasteiger partial charge < -0.3 is 10.6 Å². The number of amides is 2. The van der Waals surface area contributed by atoms with E-state index in [4.69, 9.17) is 0 Å². The van der Waals surface area contributed by atoms with Gasteiger partial charge in [-0.05, 0) is 66.5 Å². The zero-order chi connectivity index (χ0) is 21.9. The van der Waals surface area contributed by atoms with Crippen LogP contribution < -0.4 is 10.6 Å². The largest absolute Gasteiger partial charge is 0.351 e. The molecule has 0 saturated heterocycles. The normalized spacial score (nSPS) is 22.9. The fourth-order valence-electron chi connectivity index (χ4n) is 4.79. The average molecular weight is 414 g/mol. The predicted octanol–water partition coefficient (Wildman–Crippen LogP) is 4.71. The third kappa shape index (κ3) is 5.65. The molecule has 0 spiro atoms. The summed E-state index contributed by atoms with van der Waals surface area (Å²) in [5.74, 6) is -1.52. The highest BCUT2D eigenvalue weighted by Gasteiger charge is 2.42. The van der Waals surface area contributed by atoms with Gasteiger partial charge >= 0.3 is 0 Å². The van der Waals surface area contributed by atoms with Crippen LogP contribution in [-0.2, 0) is 0 Å². The summed E-state index contributed by atoms with van der Waals surface area (Å²) in [4.78, 5) is 25.0. The highest BCUT2D eigenvalue weighted by molar-refractivity contribution is 5.94. The Kier molecular flexibility index (Phi) is 6.25. The molecule has 0 radical (unpaired) electrons. The quantitative estimate of drug-likeness (QED) is 0.745. The zero-order valence-corrected chi connectivity index (χ0v) is 17.6. The topological polar surface area (TPSA) is 58.2 Å². The van der Waals surface area contributed by atoms with Gasteiger partial charge in [0.05, 0.1) is 0 Å². The Hall–Kier alpha value is -2.76. The van der Waals surface area contributed by atoms with Crippen LogP contribution in [0.2, 0.25) is 0 Å². The number of carbonyl (C=O) groups is 2. The van der Waals surface area contributed by atoms with Crippen molar-refractivity contribution < 1.29 is 18.4 Å². The molecule has 0 bridgehead atoms. The second kappa shape index (κ2) is 8.54. The molecule has 2 atom stereocenters. The molecule has 3 rings (SSSR count). The molecular formula is C24H28F2N2O2.